The SMILES string of the molecule is CC(=O)c1ccc(OC2OCC(O)C(O)C2OC2(CO)OC(CO)C(O)C2O)c(O)c1. The molecule has 0 saturated carbocycles. The van der Waals surface area contributed by atoms with Crippen LogP contribution in [-0.4, -0.2) is 110 Å². The average Bonchev–Trinajstić information content (AvgIpc) is 2.99. The van der Waals surface area contributed by atoms with E-state index < -0.39 is 67.7 Å². The highest BCUT2D eigenvalue weighted by Crippen LogP contribution is 2.37. The van der Waals surface area contributed by atoms with Crippen LogP contribution in [0.15, 0.2) is 18.2 Å². The molecule has 0 bridgehead atoms. The molecule has 1 aromatic rings. The predicted molar refractivity (Wildman–Crippen MR) is 99.2 cm³/mol. The maximum atomic E-state index is 11.4. The number of aliphatic hydroxyl groups excluding tert-OH is 6. The Kier molecular flexibility index (Phi) is 7.15. The molecule has 2 saturated heterocycles. The van der Waals surface area contributed by atoms with E-state index in [0.29, 0.717) is 0 Å². The molecule has 12 heteroatoms. The molecule has 7 N–H and O–H groups in total. The number of ether oxygens (including phenoxy) is 4. The second-order valence-corrected chi connectivity index (χ2v) is 7.44. The molecule has 12 nitrogen and oxygen atoms in total. The van der Waals surface area contributed by atoms with E-state index >= 15 is 0 Å². The molecule has 31 heavy (non-hydrogen) atoms. The maximum absolute atomic E-state index is 11.4. The van der Waals surface area contributed by atoms with Gasteiger partial charge in [0.05, 0.1) is 13.2 Å². The normalized spacial score (nSPS) is 38.2. The molecular formula is C19H26O12. The van der Waals surface area contributed by atoms with Gasteiger partial charge in [-0.15, -0.1) is 0 Å². The average molecular weight is 446 g/mol. The van der Waals surface area contributed by atoms with Crippen molar-refractivity contribution in [3.8, 4) is 11.5 Å². The van der Waals surface area contributed by atoms with Crippen molar-refractivity contribution >= 4 is 5.78 Å². The quantitative estimate of drug-likeness (QED) is 0.213. The first-order valence-corrected chi connectivity index (χ1v) is 9.55. The van der Waals surface area contributed by atoms with Crippen molar-refractivity contribution < 1.29 is 59.5 Å². The van der Waals surface area contributed by atoms with E-state index in [2.05, 4.69) is 0 Å². The van der Waals surface area contributed by atoms with Crippen molar-refractivity contribution in [3.63, 3.8) is 0 Å². The Hall–Kier alpha value is -1.87. The summed E-state index contributed by atoms with van der Waals surface area (Å²) in [6.45, 7) is -0.718. The van der Waals surface area contributed by atoms with Gasteiger partial charge < -0.3 is 54.7 Å². The number of hydrogen-bond donors (Lipinski definition) is 7. The van der Waals surface area contributed by atoms with Gasteiger partial charge in [0.1, 0.15) is 37.1 Å². The molecule has 0 aromatic heterocycles. The van der Waals surface area contributed by atoms with E-state index in [4.69, 9.17) is 18.9 Å². The summed E-state index contributed by atoms with van der Waals surface area (Å²) >= 11 is 0. The molecule has 2 aliphatic rings. The minimum absolute atomic E-state index is 0.133. The van der Waals surface area contributed by atoms with Crippen molar-refractivity contribution in [1.29, 1.82) is 0 Å². The third-order valence-electron chi connectivity index (χ3n) is 5.28. The van der Waals surface area contributed by atoms with Gasteiger partial charge in [-0.2, -0.15) is 0 Å². The van der Waals surface area contributed by atoms with Gasteiger partial charge in [-0.05, 0) is 25.1 Å². The lowest BCUT2D eigenvalue weighted by molar-refractivity contribution is -0.350. The number of hydrogen-bond acceptors (Lipinski definition) is 12. The number of phenols is 1. The molecule has 2 aliphatic heterocycles. The van der Waals surface area contributed by atoms with Gasteiger partial charge in [0.15, 0.2) is 23.4 Å². The Morgan fingerprint density at radius 3 is 2.45 bits per heavy atom. The van der Waals surface area contributed by atoms with Crippen LogP contribution in [0.5, 0.6) is 11.5 Å². The van der Waals surface area contributed by atoms with Crippen LogP contribution >= 0.6 is 0 Å². The summed E-state index contributed by atoms with van der Waals surface area (Å²) in [4.78, 5) is 11.4. The van der Waals surface area contributed by atoms with Crippen LogP contribution in [0, 0.1) is 0 Å². The van der Waals surface area contributed by atoms with Gasteiger partial charge in [0.2, 0.25) is 12.1 Å². The largest absolute Gasteiger partial charge is 0.504 e. The highest BCUT2D eigenvalue weighted by atomic mass is 16.8. The number of Topliss-reactive ketones (excluding diaryl/α,β-unsaturated/α-hetero) is 1. The number of aromatic hydroxyl groups is 1. The van der Waals surface area contributed by atoms with Gasteiger partial charge in [-0.3, -0.25) is 4.79 Å². The Labute approximate surface area is 176 Å². The number of phenolic OH excluding ortho intramolecular Hbond substituents is 1. The Morgan fingerprint density at radius 1 is 1.19 bits per heavy atom. The van der Waals surface area contributed by atoms with Crippen molar-refractivity contribution in [1.82, 2.24) is 0 Å². The number of aliphatic hydroxyl groups is 6. The lowest BCUT2D eigenvalue weighted by Gasteiger charge is -2.42. The topological polar surface area (TPSA) is 196 Å². The van der Waals surface area contributed by atoms with Crippen LogP contribution in [0.25, 0.3) is 0 Å². The van der Waals surface area contributed by atoms with Crippen LogP contribution < -0.4 is 4.74 Å². The standard InChI is InChI=1S/C19H26O12/c1-8(22)9-2-3-12(10(23)4-9)29-18-16(14(25)11(24)6-28-18)31-19(7-21)17(27)15(26)13(5-20)30-19/h2-4,11,13-18,20-21,23-27H,5-7H2,1H3. The fourth-order valence-electron chi connectivity index (χ4n) is 3.45. The molecule has 8 unspecified atom stereocenters. The van der Waals surface area contributed by atoms with E-state index in [1.165, 1.54) is 25.1 Å². The first-order valence-electron chi connectivity index (χ1n) is 9.55. The molecule has 174 valence electrons. The van der Waals surface area contributed by atoms with Gasteiger partial charge >= 0.3 is 0 Å². The van der Waals surface area contributed by atoms with Gasteiger partial charge in [0.25, 0.3) is 0 Å². The van der Waals surface area contributed by atoms with Crippen LogP contribution in [0.1, 0.15) is 17.3 Å². The molecule has 8 atom stereocenters. The smallest absolute Gasteiger partial charge is 0.229 e. The van der Waals surface area contributed by atoms with E-state index in [1.54, 1.807) is 0 Å². The van der Waals surface area contributed by atoms with E-state index in [9.17, 15) is 40.5 Å². The van der Waals surface area contributed by atoms with Crippen LogP contribution in [0.3, 0.4) is 0 Å². The third kappa shape index (κ3) is 4.53. The molecule has 0 amide bonds. The second-order valence-electron chi connectivity index (χ2n) is 7.44. The zero-order valence-electron chi connectivity index (χ0n) is 16.6. The fourth-order valence-corrected chi connectivity index (χ4v) is 3.45. The lowest BCUT2D eigenvalue weighted by Crippen LogP contribution is -2.61. The molecule has 0 aliphatic carbocycles. The molecule has 0 radical (unpaired) electrons. The minimum Gasteiger partial charge on any atom is -0.504 e. The number of benzene rings is 1. The first-order chi connectivity index (χ1) is 14.6. The maximum Gasteiger partial charge on any atom is 0.229 e. The van der Waals surface area contributed by atoms with E-state index in [0.717, 1.165) is 0 Å². The highest BCUT2D eigenvalue weighted by Gasteiger charge is 2.58. The van der Waals surface area contributed by atoms with E-state index in [1.807, 2.05) is 0 Å². The Bertz CT molecular complexity index is 787. The van der Waals surface area contributed by atoms with Crippen molar-refractivity contribution in [2.24, 2.45) is 0 Å². The summed E-state index contributed by atoms with van der Waals surface area (Å²) in [7, 11) is 0. The van der Waals surface area contributed by atoms with Crippen LogP contribution in [0.4, 0.5) is 0 Å². The van der Waals surface area contributed by atoms with E-state index in [-0.39, 0.29) is 23.7 Å². The second kappa shape index (κ2) is 9.32. The number of carbonyl (C=O) groups excluding carboxylic acids is 1. The fraction of sp³-hybridized carbons (Fsp3) is 0.632. The number of rotatable bonds is 7. The Morgan fingerprint density at radius 2 is 1.90 bits per heavy atom. The third-order valence-corrected chi connectivity index (χ3v) is 5.28. The summed E-state index contributed by atoms with van der Waals surface area (Å²) in [5.74, 6) is -3.09. The monoisotopic (exact) mass is 446 g/mol. The van der Waals surface area contributed by atoms with Crippen molar-refractivity contribution in [2.45, 2.75) is 55.6 Å². The molecule has 0 spiro atoms. The zero-order chi connectivity index (χ0) is 22.9. The predicted octanol–water partition coefficient (Wildman–Crippen LogP) is -2.76. The van der Waals surface area contributed by atoms with Crippen LogP contribution in [0.2, 0.25) is 0 Å². The van der Waals surface area contributed by atoms with Gasteiger partial charge in [-0.25, -0.2) is 0 Å². The van der Waals surface area contributed by atoms with Gasteiger partial charge in [-0.1, -0.05) is 0 Å². The van der Waals surface area contributed by atoms with Crippen LogP contribution in [-0.2, 0) is 14.2 Å². The molecule has 1 aromatic carbocycles. The van der Waals surface area contributed by atoms with Crippen molar-refractivity contribution in [3.05, 3.63) is 23.8 Å². The molecule has 3 rings (SSSR count). The molecular weight excluding hydrogens is 420 g/mol. The summed E-state index contributed by atoms with van der Waals surface area (Å²) in [6.07, 6.45) is -10.8. The zero-order valence-corrected chi connectivity index (χ0v) is 16.6. The number of ketones is 1. The summed E-state index contributed by atoms with van der Waals surface area (Å²) in [6, 6.07) is 3.85. The van der Waals surface area contributed by atoms with Gasteiger partial charge in [0, 0.05) is 5.56 Å². The Balaban J connectivity index is 1.86. The summed E-state index contributed by atoms with van der Waals surface area (Å²) < 4.78 is 21.8. The first kappa shape index (κ1) is 23.8. The lowest BCUT2D eigenvalue weighted by atomic mass is 10.0. The molecule has 2 fully saturated rings. The minimum atomic E-state index is -2.26. The highest BCUT2D eigenvalue weighted by molar-refractivity contribution is 5.94. The summed E-state index contributed by atoms with van der Waals surface area (Å²) in [5.41, 5.74) is 0.225. The number of carbonyl (C=O) groups is 1. The summed E-state index contributed by atoms with van der Waals surface area (Å²) in [5, 5.41) is 70.0. The molecule has 2 heterocycles. The van der Waals surface area contributed by atoms with Crippen molar-refractivity contribution in [2.75, 3.05) is 19.8 Å².